The smallest absolute Gasteiger partial charge is 0.409 e. The van der Waals surface area contributed by atoms with Crippen molar-refractivity contribution in [3.05, 3.63) is 0 Å². The number of nitrogens with one attached hydrogen (secondary N) is 1. The van der Waals surface area contributed by atoms with Crippen molar-refractivity contribution in [2.75, 3.05) is 32.8 Å². The minimum Gasteiger partial charge on any atom is -0.450 e. The fourth-order valence-corrected chi connectivity index (χ4v) is 1.44. The molecule has 1 saturated carbocycles. The molecule has 0 aliphatic heterocycles. The molecule has 0 saturated heterocycles. The van der Waals surface area contributed by atoms with E-state index < -0.39 is 0 Å². The molecular formula is C11H22N2O2. The molecular weight excluding hydrogens is 192 g/mol. The van der Waals surface area contributed by atoms with Crippen LogP contribution in [-0.4, -0.2) is 43.8 Å². The van der Waals surface area contributed by atoms with Crippen LogP contribution in [0, 0.1) is 5.92 Å². The zero-order chi connectivity index (χ0) is 11.1. The van der Waals surface area contributed by atoms with Crippen molar-refractivity contribution >= 4 is 6.09 Å². The van der Waals surface area contributed by atoms with Crippen molar-refractivity contribution < 1.29 is 9.53 Å². The Labute approximate surface area is 92.0 Å². The molecule has 4 heteroatoms. The first kappa shape index (κ1) is 12.3. The summed E-state index contributed by atoms with van der Waals surface area (Å²) >= 11 is 0. The predicted molar refractivity (Wildman–Crippen MR) is 59.9 cm³/mol. The topological polar surface area (TPSA) is 41.6 Å². The highest BCUT2D eigenvalue weighted by Crippen LogP contribution is 2.27. The Morgan fingerprint density at radius 3 is 2.73 bits per heavy atom. The van der Waals surface area contributed by atoms with Crippen LogP contribution in [0.4, 0.5) is 4.79 Å². The third-order valence-corrected chi connectivity index (χ3v) is 2.60. The molecule has 0 radical (unpaired) electrons. The van der Waals surface area contributed by atoms with E-state index in [1.807, 2.05) is 13.8 Å². The van der Waals surface area contributed by atoms with E-state index in [1.54, 1.807) is 4.90 Å². The molecule has 0 atom stereocenters. The summed E-state index contributed by atoms with van der Waals surface area (Å²) in [5.74, 6) is 0.891. The first-order valence-corrected chi connectivity index (χ1v) is 5.90. The molecule has 1 aliphatic carbocycles. The normalized spacial score (nSPS) is 15.1. The monoisotopic (exact) mass is 214 g/mol. The van der Waals surface area contributed by atoms with Crippen LogP contribution in [0.2, 0.25) is 0 Å². The average Bonchev–Trinajstić information content (AvgIpc) is 3.02. The quantitative estimate of drug-likeness (QED) is 0.652. The van der Waals surface area contributed by atoms with E-state index >= 15 is 0 Å². The van der Waals surface area contributed by atoms with E-state index in [0.717, 1.165) is 25.6 Å². The number of nitrogens with zero attached hydrogens (tertiary/aromatic N) is 1. The maximum Gasteiger partial charge on any atom is 0.409 e. The number of rotatable bonds is 7. The van der Waals surface area contributed by atoms with Crippen LogP contribution in [0.3, 0.4) is 0 Å². The van der Waals surface area contributed by atoms with Crippen LogP contribution < -0.4 is 5.32 Å². The highest BCUT2D eigenvalue weighted by molar-refractivity contribution is 5.67. The number of carbonyl (C=O) groups excluding carboxylic acids is 1. The van der Waals surface area contributed by atoms with Gasteiger partial charge in [0.25, 0.3) is 0 Å². The van der Waals surface area contributed by atoms with Gasteiger partial charge in [-0.05, 0) is 39.2 Å². The van der Waals surface area contributed by atoms with E-state index in [4.69, 9.17) is 4.74 Å². The van der Waals surface area contributed by atoms with E-state index in [-0.39, 0.29) is 6.09 Å². The predicted octanol–water partition coefficient (Wildman–Crippen LogP) is 1.46. The fourth-order valence-electron chi connectivity index (χ4n) is 1.44. The molecule has 0 aromatic rings. The van der Waals surface area contributed by atoms with Crippen LogP contribution in [0.5, 0.6) is 0 Å². The lowest BCUT2D eigenvalue weighted by atomic mass is 10.4. The Hall–Kier alpha value is -0.770. The van der Waals surface area contributed by atoms with Gasteiger partial charge in [-0.1, -0.05) is 0 Å². The van der Waals surface area contributed by atoms with Gasteiger partial charge in [-0.2, -0.15) is 0 Å². The van der Waals surface area contributed by atoms with Gasteiger partial charge in [0.1, 0.15) is 0 Å². The van der Waals surface area contributed by atoms with Crippen molar-refractivity contribution in [2.45, 2.75) is 26.7 Å². The van der Waals surface area contributed by atoms with Crippen LogP contribution >= 0.6 is 0 Å². The Kier molecular flexibility index (Phi) is 5.47. The zero-order valence-electron chi connectivity index (χ0n) is 9.79. The van der Waals surface area contributed by atoms with Crippen LogP contribution in [0.15, 0.2) is 0 Å². The maximum atomic E-state index is 11.4. The van der Waals surface area contributed by atoms with Gasteiger partial charge in [0.2, 0.25) is 0 Å². The van der Waals surface area contributed by atoms with Gasteiger partial charge in [0, 0.05) is 19.6 Å². The number of ether oxygens (including phenoxy) is 1. The van der Waals surface area contributed by atoms with Crippen molar-refractivity contribution in [3.63, 3.8) is 0 Å². The third kappa shape index (κ3) is 5.02. The molecule has 1 rings (SSSR count). The van der Waals surface area contributed by atoms with E-state index in [1.165, 1.54) is 12.8 Å². The minimum absolute atomic E-state index is 0.201. The van der Waals surface area contributed by atoms with Crippen LogP contribution in [-0.2, 0) is 4.74 Å². The van der Waals surface area contributed by atoms with Gasteiger partial charge in [-0.25, -0.2) is 4.79 Å². The molecule has 88 valence electrons. The first-order valence-electron chi connectivity index (χ1n) is 5.90. The highest BCUT2D eigenvalue weighted by Gasteiger charge is 2.20. The third-order valence-electron chi connectivity index (χ3n) is 2.60. The molecule has 1 aliphatic rings. The van der Waals surface area contributed by atoms with Crippen LogP contribution in [0.25, 0.3) is 0 Å². The second kappa shape index (κ2) is 6.67. The second-order valence-corrected chi connectivity index (χ2v) is 3.93. The number of amides is 1. The van der Waals surface area contributed by atoms with Gasteiger partial charge in [0.05, 0.1) is 6.61 Å². The summed E-state index contributed by atoms with van der Waals surface area (Å²) in [6, 6.07) is 0. The Bertz CT molecular complexity index is 193. The molecule has 0 aromatic heterocycles. The largest absolute Gasteiger partial charge is 0.450 e. The van der Waals surface area contributed by atoms with Gasteiger partial charge in [-0.3, -0.25) is 0 Å². The summed E-state index contributed by atoms with van der Waals surface area (Å²) in [6.45, 7) is 7.66. The highest BCUT2D eigenvalue weighted by atomic mass is 16.6. The SMILES string of the molecule is CCOC(=O)N(CC)CCNCC1CC1. The summed E-state index contributed by atoms with van der Waals surface area (Å²) < 4.78 is 4.94. The minimum atomic E-state index is -0.201. The molecule has 4 nitrogen and oxygen atoms in total. The summed E-state index contributed by atoms with van der Waals surface area (Å²) in [5, 5.41) is 3.36. The van der Waals surface area contributed by atoms with Crippen molar-refractivity contribution in [1.82, 2.24) is 10.2 Å². The molecule has 1 N–H and O–H groups in total. The molecule has 0 bridgehead atoms. The van der Waals surface area contributed by atoms with Gasteiger partial charge < -0.3 is 15.0 Å². The summed E-state index contributed by atoms with van der Waals surface area (Å²) in [5.41, 5.74) is 0. The van der Waals surface area contributed by atoms with Crippen molar-refractivity contribution in [1.29, 1.82) is 0 Å². The molecule has 0 heterocycles. The van der Waals surface area contributed by atoms with Gasteiger partial charge in [-0.15, -0.1) is 0 Å². The van der Waals surface area contributed by atoms with Crippen LogP contribution in [0.1, 0.15) is 26.7 Å². The molecule has 0 unspecified atom stereocenters. The Morgan fingerprint density at radius 1 is 1.47 bits per heavy atom. The Morgan fingerprint density at radius 2 is 2.20 bits per heavy atom. The maximum absolute atomic E-state index is 11.4. The number of hydrogen-bond donors (Lipinski definition) is 1. The van der Waals surface area contributed by atoms with Crippen molar-refractivity contribution in [2.24, 2.45) is 5.92 Å². The standard InChI is InChI=1S/C11H22N2O2/c1-3-13(11(14)15-4-2)8-7-12-9-10-5-6-10/h10,12H,3-9H2,1-2H3. The summed E-state index contributed by atoms with van der Waals surface area (Å²) in [4.78, 5) is 13.1. The number of hydrogen-bond acceptors (Lipinski definition) is 3. The number of carbonyl (C=O) groups is 1. The Balaban J connectivity index is 2.05. The summed E-state index contributed by atoms with van der Waals surface area (Å²) in [7, 11) is 0. The zero-order valence-corrected chi connectivity index (χ0v) is 9.79. The van der Waals surface area contributed by atoms with Gasteiger partial charge in [0.15, 0.2) is 0 Å². The second-order valence-electron chi connectivity index (χ2n) is 3.93. The molecule has 0 aromatic carbocycles. The van der Waals surface area contributed by atoms with E-state index in [0.29, 0.717) is 13.2 Å². The lowest BCUT2D eigenvalue weighted by Crippen LogP contribution is -2.37. The lowest BCUT2D eigenvalue weighted by Gasteiger charge is -2.20. The molecule has 0 spiro atoms. The molecule has 15 heavy (non-hydrogen) atoms. The average molecular weight is 214 g/mol. The number of likely N-dealkylation sites (N-methyl/N-ethyl adjacent to an activating group) is 1. The first-order chi connectivity index (χ1) is 7.27. The lowest BCUT2D eigenvalue weighted by molar-refractivity contribution is 0.109. The molecule has 1 amide bonds. The fraction of sp³-hybridized carbons (Fsp3) is 0.909. The van der Waals surface area contributed by atoms with E-state index in [9.17, 15) is 4.79 Å². The van der Waals surface area contributed by atoms with E-state index in [2.05, 4.69) is 5.32 Å². The summed E-state index contributed by atoms with van der Waals surface area (Å²) in [6.07, 6.45) is 2.53. The van der Waals surface area contributed by atoms with Crippen molar-refractivity contribution in [3.8, 4) is 0 Å². The molecule has 1 fully saturated rings. The van der Waals surface area contributed by atoms with Gasteiger partial charge >= 0.3 is 6.09 Å².